The monoisotopic (exact) mass is 463 g/mol. The molecule has 0 saturated heterocycles. The third-order valence-corrected chi connectivity index (χ3v) is 4.93. The van der Waals surface area contributed by atoms with Crippen LogP contribution in [-0.4, -0.2) is 11.1 Å². The van der Waals surface area contributed by atoms with Crippen molar-refractivity contribution in [3.63, 3.8) is 0 Å². The van der Waals surface area contributed by atoms with Crippen molar-refractivity contribution in [3.8, 4) is 11.3 Å². The molecule has 3 aromatic rings. The summed E-state index contributed by atoms with van der Waals surface area (Å²) in [5.41, 5.74) is 3.02. The number of furan rings is 1. The van der Waals surface area contributed by atoms with Crippen LogP contribution in [0.3, 0.4) is 0 Å². The van der Waals surface area contributed by atoms with Gasteiger partial charge in [0.1, 0.15) is 11.5 Å². The van der Waals surface area contributed by atoms with Crippen molar-refractivity contribution >= 4 is 43.5 Å². The molecule has 0 atom stereocenters. The van der Waals surface area contributed by atoms with E-state index < -0.39 is 5.97 Å². The Kier molecular flexibility index (Phi) is 5.30. The largest absolute Gasteiger partial charge is 0.478 e. The molecule has 3 rings (SSSR count). The minimum Gasteiger partial charge on any atom is -0.478 e. The molecule has 25 heavy (non-hydrogen) atoms. The zero-order valence-electron chi connectivity index (χ0n) is 13.3. The summed E-state index contributed by atoms with van der Waals surface area (Å²) in [5.74, 6) is 0.658. The molecule has 6 heteroatoms. The lowest BCUT2D eigenvalue weighted by Crippen LogP contribution is -2.02. The topological polar surface area (TPSA) is 62.5 Å². The maximum absolute atomic E-state index is 11.0. The Balaban J connectivity index is 1.73. The minimum absolute atomic E-state index is 0.281. The predicted molar refractivity (Wildman–Crippen MR) is 105 cm³/mol. The number of hydrogen-bond donors (Lipinski definition) is 2. The highest BCUT2D eigenvalue weighted by Gasteiger charge is 2.10. The Morgan fingerprint density at radius 3 is 2.60 bits per heavy atom. The van der Waals surface area contributed by atoms with Crippen molar-refractivity contribution in [1.29, 1.82) is 0 Å². The van der Waals surface area contributed by atoms with Crippen molar-refractivity contribution in [3.05, 3.63) is 74.4 Å². The molecule has 0 fully saturated rings. The number of rotatable bonds is 5. The molecule has 128 valence electrons. The second-order valence-corrected chi connectivity index (χ2v) is 7.35. The molecule has 0 radical (unpaired) electrons. The van der Waals surface area contributed by atoms with E-state index in [4.69, 9.17) is 9.52 Å². The predicted octanol–water partition coefficient (Wildman–Crippen LogP) is 6.09. The van der Waals surface area contributed by atoms with Gasteiger partial charge in [0.25, 0.3) is 0 Å². The Morgan fingerprint density at radius 1 is 1.12 bits per heavy atom. The van der Waals surface area contributed by atoms with Crippen molar-refractivity contribution in [2.45, 2.75) is 13.5 Å². The van der Waals surface area contributed by atoms with Crippen LogP contribution in [-0.2, 0) is 6.54 Å². The van der Waals surface area contributed by atoms with Gasteiger partial charge < -0.3 is 14.8 Å². The van der Waals surface area contributed by atoms with Crippen LogP contribution in [0.4, 0.5) is 5.69 Å². The van der Waals surface area contributed by atoms with Gasteiger partial charge in [0.2, 0.25) is 0 Å². The van der Waals surface area contributed by atoms with Crippen molar-refractivity contribution in [1.82, 2.24) is 0 Å². The standard InChI is InChI=1S/C19H15Br2NO3/c1-11-8-12(19(23)24)2-6-17(11)22-10-14-4-7-18(25-14)15-5-3-13(20)9-16(15)21/h2-9,22H,10H2,1H3,(H,23,24). The molecule has 0 amide bonds. The molecule has 0 spiro atoms. The van der Waals surface area contributed by atoms with Crippen LogP contribution in [0.5, 0.6) is 0 Å². The summed E-state index contributed by atoms with van der Waals surface area (Å²) in [6, 6.07) is 14.8. The van der Waals surface area contributed by atoms with Crippen LogP contribution < -0.4 is 5.32 Å². The Bertz CT molecular complexity index is 934. The highest BCUT2D eigenvalue weighted by Crippen LogP contribution is 2.32. The van der Waals surface area contributed by atoms with E-state index >= 15 is 0 Å². The van der Waals surface area contributed by atoms with Crippen LogP contribution in [0.2, 0.25) is 0 Å². The van der Waals surface area contributed by atoms with Crippen LogP contribution in [0.15, 0.2) is 61.9 Å². The van der Waals surface area contributed by atoms with E-state index in [9.17, 15) is 4.79 Å². The van der Waals surface area contributed by atoms with Gasteiger partial charge in [-0.1, -0.05) is 15.9 Å². The number of halogens is 2. The Labute approximate surface area is 162 Å². The first-order chi connectivity index (χ1) is 11.9. The van der Waals surface area contributed by atoms with E-state index in [1.54, 1.807) is 18.2 Å². The number of anilines is 1. The van der Waals surface area contributed by atoms with Crippen molar-refractivity contribution < 1.29 is 14.3 Å². The third kappa shape index (κ3) is 4.14. The molecule has 0 aliphatic heterocycles. The van der Waals surface area contributed by atoms with Gasteiger partial charge in [-0.15, -0.1) is 0 Å². The van der Waals surface area contributed by atoms with E-state index in [2.05, 4.69) is 37.2 Å². The molecular weight excluding hydrogens is 450 g/mol. The van der Waals surface area contributed by atoms with Crippen LogP contribution in [0, 0.1) is 6.92 Å². The lowest BCUT2D eigenvalue weighted by molar-refractivity contribution is 0.0697. The van der Waals surface area contributed by atoms with Gasteiger partial charge >= 0.3 is 5.97 Å². The Morgan fingerprint density at radius 2 is 1.92 bits per heavy atom. The van der Waals surface area contributed by atoms with E-state index in [-0.39, 0.29) is 5.56 Å². The fraction of sp³-hybridized carbons (Fsp3) is 0.105. The average molecular weight is 465 g/mol. The molecule has 0 unspecified atom stereocenters. The van der Waals surface area contributed by atoms with Crippen molar-refractivity contribution in [2.75, 3.05) is 5.32 Å². The van der Waals surface area contributed by atoms with E-state index in [0.29, 0.717) is 6.54 Å². The molecule has 4 nitrogen and oxygen atoms in total. The molecule has 2 aromatic carbocycles. The number of hydrogen-bond acceptors (Lipinski definition) is 3. The summed E-state index contributed by atoms with van der Waals surface area (Å²) in [6.45, 7) is 2.39. The number of carbonyl (C=O) groups is 1. The lowest BCUT2D eigenvalue weighted by Gasteiger charge is -2.09. The smallest absolute Gasteiger partial charge is 0.335 e. The highest BCUT2D eigenvalue weighted by atomic mass is 79.9. The summed E-state index contributed by atoms with van der Waals surface area (Å²) in [6.07, 6.45) is 0. The average Bonchev–Trinajstić information content (AvgIpc) is 3.02. The number of aromatic carboxylic acids is 1. The molecule has 1 heterocycles. The summed E-state index contributed by atoms with van der Waals surface area (Å²) in [7, 11) is 0. The molecule has 2 N–H and O–H groups in total. The van der Waals surface area contributed by atoms with Gasteiger partial charge in [-0.3, -0.25) is 0 Å². The zero-order valence-corrected chi connectivity index (χ0v) is 16.5. The zero-order chi connectivity index (χ0) is 18.0. The van der Waals surface area contributed by atoms with Gasteiger partial charge in [-0.25, -0.2) is 4.79 Å². The van der Waals surface area contributed by atoms with Gasteiger partial charge in [-0.05, 0) is 76.9 Å². The van der Waals surface area contributed by atoms with Crippen LogP contribution in [0.25, 0.3) is 11.3 Å². The quantitative estimate of drug-likeness (QED) is 0.479. The van der Waals surface area contributed by atoms with Gasteiger partial charge in [0.15, 0.2) is 0 Å². The number of benzene rings is 2. The number of carboxylic acid groups (broad SMARTS) is 1. The van der Waals surface area contributed by atoms with Gasteiger partial charge in [0, 0.05) is 20.2 Å². The lowest BCUT2D eigenvalue weighted by atomic mass is 10.1. The van der Waals surface area contributed by atoms with Gasteiger partial charge in [0.05, 0.1) is 12.1 Å². The summed E-state index contributed by atoms with van der Waals surface area (Å²) >= 11 is 6.98. The van der Waals surface area contributed by atoms with E-state index in [1.165, 1.54) is 0 Å². The van der Waals surface area contributed by atoms with Crippen LogP contribution in [0.1, 0.15) is 21.7 Å². The second kappa shape index (κ2) is 7.45. The minimum atomic E-state index is -0.926. The van der Waals surface area contributed by atoms with Crippen LogP contribution >= 0.6 is 31.9 Å². The van der Waals surface area contributed by atoms with E-state index in [0.717, 1.165) is 37.3 Å². The van der Waals surface area contributed by atoms with Gasteiger partial charge in [-0.2, -0.15) is 0 Å². The SMILES string of the molecule is Cc1cc(C(=O)O)ccc1NCc1ccc(-c2ccc(Br)cc2Br)o1. The second-order valence-electron chi connectivity index (χ2n) is 5.58. The molecule has 0 saturated carbocycles. The maximum atomic E-state index is 11.0. The Hall–Kier alpha value is -2.05. The third-order valence-electron chi connectivity index (χ3n) is 3.78. The molecular formula is C19H15Br2NO3. The summed E-state index contributed by atoms with van der Waals surface area (Å²) < 4.78 is 7.86. The number of aryl methyl sites for hydroxylation is 1. The maximum Gasteiger partial charge on any atom is 0.335 e. The summed E-state index contributed by atoms with van der Waals surface area (Å²) in [4.78, 5) is 11.0. The first-order valence-electron chi connectivity index (χ1n) is 7.56. The number of nitrogens with one attached hydrogen (secondary N) is 1. The first-order valence-corrected chi connectivity index (χ1v) is 9.14. The summed E-state index contributed by atoms with van der Waals surface area (Å²) in [5, 5.41) is 12.3. The highest BCUT2D eigenvalue weighted by molar-refractivity contribution is 9.11. The molecule has 0 bridgehead atoms. The molecule has 0 aliphatic carbocycles. The molecule has 1 aromatic heterocycles. The first kappa shape index (κ1) is 17.8. The van der Waals surface area contributed by atoms with Crippen molar-refractivity contribution in [2.24, 2.45) is 0 Å². The fourth-order valence-electron chi connectivity index (χ4n) is 2.48. The van der Waals surface area contributed by atoms with E-state index in [1.807, 2.05) is 37.3 Å². The fourth-order valence-corrected chi connectivity index (χ4v) is 3.73. The number of carboxylic acids is 1. The normalized spacial score (nSPS) is 10.7. The molecule has 0 aliphatic rings.